The molecule has 1 atom stereocenters. The highest BCUT2D eigenvalue weighted by Gasteiger charge is 2.34. The van der Waals surface area contributed by atoms with E-state index in [0.29, 0.717) is 5.56 Å². The molecule has 0 saturated carbocycles. The van der Waals surface area contributed by atoms with Crippen LogP contribution < -0.4 is 4.72 Å². The van der Waals surface area contributed by atoms with Crippen molar-refractivity contribution in [3.63, 3.8) is 0 Å². The molecular weight excluding hydrogens is 357 g/mol. The van der Waals surface area contributed by atoms with E-state index in [0.717, 1.165) is 6.07 Å². The van der Waals surface area contributed by atoms with Gasteiger partial charge < -0.3 is 9.66 Å². The smallest absolute Gasteiger partial charge is 0.335 e. The third-order valence-corrected chi connectivity index (χ3v) is 4.78. The van der Waals surface area contributed by atoms with Gasteiger partial charge in [0.2, 0.25) is 10.7 Å². The van der Waals surface area contributed by atoms with E-state index in [-0.39, 0.29) is 26.7 Å². The zero-order valence-corrected chi connectivity index (χ0v) is 13.5. The van der Waals surface area contributed by atoms with Crippen LogP contribution in [0.25, 0.3) is 6.08 Å². The number of nitrogens with one attached hydrogen (secondary N) is 1. The molecule has 0 spiro atoms. The lowest BCUT2D eigenvalue weighted by molar-refractivity contribution is 0.0697. The maximum absolute atomic E-state index is 13.2. The van der Waals surface area contributed by atoms with Crippen LogP contribution >= 0.6 is 11.6 Å². The number of aromatic carboxylic acids is 1. The summed E-state index contributed by atoms with van der Waals surface area (Å²) < 4.78 is 28.1. The van der Waals surface area contributed by atoms with Crippen molar-refractivity contribution in [1.82, 2.24) is 0 Å². The van der Waals surface area contributed by atoms with Crippen molar-refractivity contribution in [2.45, 2.75) is 0 Å². The first-order valence-electron chi connectivity index (χ1n) is 6.64. The number of halogens is 2. The van der Waals surface area contributed by atoms with Crippen LogP contribution in [-0.2, 0) is 11.4 Å². The lowest BCUT2D eigenvalue weighted by atomic mass is 10.0. The number of fused-ring (bicyclic) bond motifs is 1. The van der Waals surface area contributed by atoms with Crippen LogP contribution in [-0.4, -0.2) is 21.4 Å². The molecule has 1 unspecified atom stereocenters. The molecule has 0 radical (unpaired) electrons. The van der Waals surface area contributed by atoms with Crippen molar-refractivity contribution in [2.75, 3.05) is 4.72 Å². The molecule has 2 aromatic rings. The number of Topliss-reactive ketones (excluding diaryl/α,β-unsaturated/α-hetero) is 1. The monoisotopic (exact) mass is 365 g/mol. The molecule has 1 heterocycles. The molecule has 0 bridgehead atoms. The molecule has 2 N–H and O–H groups in total. The third-order valence-electron chi connectivity index (χ3n) is 3.38. The first-order chi connectivity index (χ1) is 11.4. The van der Waals surface area contributed by atoms with Crippen molar-refractivity contribution in [1.29, 1.82) is 0 Å². The maximum Gasteiger partial charge on any atom is 0.335 e. The van der Waals surface area contributed by atoms with E-state index < -0.39 is 28.9 Å². The summed E-state index contributed by atoms with van der Waals surface area (Å²) in [4.78, 5) is 23.5. The Hall–Kier alpha value is -2.35. The number of carbonyl (C=O) groups excluding carboxylic acids is 1. The Morgan fingerprint density at radius 1 is 1.29 bits per heavy atom. The van der Waals surface area contributed by atoms with Gasteiger partial charge in [0, 0.05) is 6.08 Å². The summed E-state index contributed by atoms with van der Waals surface area (Å²) >= 11 is 3.87. The molecule has 3 rings (SSSR count). The van der Waals surface area contributed by atoms with Gasteiger partial charge in [-0.1, -0.05) is 17.7 Å². The number of carboxylic acid groups (broad SMARTS) is 1. The van der Waals surface area contributed by atoms with Crippen LogP contribution in [0.1, 0.15) is 26.3 Å². The van der Waals surface area contributed by atoms with Crippen molar-refractivity contribution in [2.24, 2.45) is 0 Å². The van der Waals surface area contributed by atoms with Gasteiger partial charge >= 0.3 is 5.97 Å². The number of carbonyl (C=O) groups is 2. The van der Waals surface area contributed by atoms with Crippen molar-refractivity contribution < 1.29 is 23.6 Å². The molecule has 5 nitrogen and oxygen atoms in total. The second kappa shape index (κ2) is 6.27. The molecule has 0 aliphatic carbocycles. The van der Waals surface area contributed by atoms with Crippen LogP contribution in [0.5, 0.6) is 0 Å². The highest BCUT2D eigenvalue weighted by atomic mass is 35.5. The second-order valence-electron chi connectivity index (χ2n) is 4.95. The first-order valence-corrected chi connectivity index (χ1v) is 8.17. The molecule has 0 fully saturated rings. The Morgan fingerprint density at radius 3 is 2.71 bits per heavy atom. The summed E-state index contributed by atoms with van der Waals surface area (Å²) in [7, 11) is 0. The first kappa shape index (κ1) is 16.5. The normalized spacial score (nSPS) is 18.2. The minimum atomic E-state index is -1.82. The number of allylic oxidation sites excluding steroid dienone is 1. The van der Waals surface area contributed by atoms with Gasteiger partial charge in [-0.3, -0.25) is 4.79 Å². The largest absolute Gasteiger partial charge is 0.588 e. The van der Waals surface area contributed by atoms with E-state index in [4.69, 9.17) is 16.7 Å². The summed E-state index contributed by atoms with van der Waals surface area (Å²) in [5, 5.41) is 8.90. The lowest BCUT2D eigenvalue weighted by Gasteiger charge is -2.21. The molecule has 1 aliphatic rings. The van der Waals surface area contributed by atoms with Gasteiger partial charge in [-0.15, -0.1) is 0 Å². The standard InChI is InChI=1S/C16H9ClFNO4S/c17-11-5-8(1-3-12(11)18)6-14-15(20)10-7-9(16(21)22)2-4-13(10)19-24(14)23/h1-7,19H,(H,21,22)/b14-6+. The fourth-order valence-corrected chi connectivity index (χ4v) is 3.40. The highest BCUT2D eigenvalue weighted by molar-refractivity contribution is 7.97. The molecule has 0 saturated heterocycles. The van der Waals surface area contributed by atoms with Crippen LogP contribution in [0.3, 0.4) is 0 Å². The average molecular weight is 366 g/mol. The number of benzene rings is 2. The van der Waals surface area contributed by atoms with E-state index in [9.17, 15) is 18.5 Å². The van der Waals surface area contributed by atoms with Gasteiger partial charge in [0.05, 0.1) is 21.8 Å². The Labute approximate surface area is 144 Å². The number of carboxylic acids is 1. The molecule has 1 aliphatic heterocycles. The Balaban J connectivity index is 2.05. The second-order valence-corrected chi connectivity index (χ2v) is 6.54. The van der Waals surface area contributed by atoms with Gasteiger partial charge in [0.15, 0.2) is 0 Å². The molecule has 8 heteroatoms. The van der Waals surface area contributed by atoms with Crippen molar-refractivity contribution in [3.8, 4) is 0 Å². The predicted molar refractivity (Wildman–Crippen MR) is 88.9 cm³/mol. The average Bonchev–Trinajstić information content (AvgIpc) is 2.54. The maximum atomic E-state index is 13.2. The molecule has 0 amide bonds. The van der Waals surface area contributed by atoms with Crippen LogP contribution in [0.15, 0.2) is 41.3 Å². The fourth-order valence-electron chi connectivity index (χ4n) is 2.20. The topological polar surface area (TPSA) is 89.5 Å². The van der Waals surface area contributed by atoms with Gasteiger partial charge in [0.25, 0.3) is 0 Å². The third kappa shape index (κ3) is 3.01. The summed E-state index contributed by atoms with van der Waals surface area (Å²) in [6, 6.07) is 7.75. The summed E-state index contributed by atoms with van der Waals surface area (Å²) in [6.45, 7) is 0. The SMILES string of the molecule is O=C(O)c1ccc2c(c1)C(=O)/C(=C\c1ccc(F)c(Cl)c1)[S+]([O-])N2. The quantitative estimate of drug-likeness (QED) is 0.628. The minimum absolute atomic E-state index is 0.0549. The van der Waals surface area contributed by atoms with Gasteiger partial charge in [-0.2, -0.15) is 0 Å². The van der Waals surface area contributed by atoms with Gasteiger partial charge in [0.1, 0.15) is 17.2 Å². The van der Waals surface area contributed by atoms with E-state index in [1.807, 2.05) is 0 Å². The number of hydrogen-bond acceptors (Lipinski definition) is 4. The highest BCUT2D eigenvalue weighted by Crippen LogP contribution is 2.31. The Bertz CT molecular complexity index is 900. The summed E-state index contributed by atoms with van der Waals surface area (Å²) in [6.07, 6.45) is 1.33. The van der Waals surface area contributed by atoms with E-state index in [1.165, 1.54) is 36.4 Å². The predicted octanol–water partition coefficient (Wildman–Crippen LogP) is 3.49. The number of ketones is 1. The fraction of sp³-hybridized carbons (Fsp3) is 0. The Morgan fingerprint density at radius 2 is 2.04 bits per heavy atom. The zero-order chi connectivity index (χ0) is 17.4. The van der Waals surface area contributed by atoms with E-state index in [1.54, 1.807) is 0 Å². The molecular formula is C16H9ClFNO4S. The molecule has 0 aromatic heterocycles. The van der Waals surface area contributed by atoms with Crippen LogP contribution in [0.2, 0.25) is 5.02 Å². The summed E-state index contributed by atoms with van der Waals surface area (Å²) in [5.41, 5.74) is 0.741. The number of rotatable bonds is 2. The molecule has 24 heavy (non-hydrogen) atoms. The van der Waals surface area contributed by atoms with E-state index >= 15 is 0 Å². The van der Waals surface area contributed by atoms with Crippen LogP contribution in [0.4, 0.5) is 10.1 Å². The number of hydrogen-bond donors (Lipinski definition) is 2. The molecule has 122 valence electrons. The minimum Gasteiger partial charge on any atom is -0.588 e. The zero-order valence-electron chi connectivity index (χ0n) is 11.9. The van der Waals surface area contributed by atoms with Gasteiger partial charge in [-0.25, -0.2) is 13.9 Å². The number of anilines is 1. The lowest BCUT2D eigenvalue weighted by Crippen LogP contribution is -2.27. The van der Waals surface area contributed by atoms with Crippen molar-refractivity contribution in [3.05, 3.63) is 68.8 Å². The summed E-state index contributed by atoms with van der Waals surface area (Å²) in [5.74, 6) is -2.34. The Kier molecular flexibility index (Phi) is 4.31. The van der Waals surface area contributed by atoms with Gasteiger partial charge in [-0.05, 0) is 35.9 Å². The van der Waals surface area contributed by atoms with Crippen LogP contribution in [0, 0.1) is 5.82 Å². The molecule has 2 aromatic carbocycles. The van der Waals surface area contributed by atoms with Crippen molar-refractivity contribution >= 4 is 46.5 Å². The van der Waals surface area contributed by atoms with E-state index in [2.05, 4.69) is 4.72 Å².